The summed E-state index contributed by atoms with van der Waals surface area (Å²) < 4.78 is 0. The second-order valence-corrected chi connectivity index (χ2v) is 9.15. The van der Waals surface area contributed by atoms with Gasteiger partial charge in [0.2, 0.25) is 11.8 Å². The van der Waals surface area contributed by atoms with E-state index in [-0.39, 0.29) is 17.2 Å². The van der Waals surface area contributed by atoms with Gasteiger partial charge in [0.1, 0.15) is 5.54 Å². The molecule has 5 rings (SSSR count). The molecule has 0 heterocycles. The number of rotatable bonds is 4. The summed E-state index contributed by atoms with van der Waals surface area (Å²) in [5, 5.41) is 3.09. The highest BCUT2D eigenvalue weighted by Gasteiger charge is 2.52. The molecule has 0 aromatic carbocycles. The second kappa shape index (κ2) is 5.49. The number of primary amides is 1. The smallest absolute Gasteiger partial charge is 0.243 e. The van der Waals surface area contributed by atoms with Crippen LogP contribution in [0.1, 0.15) is 77.0 Å². The van der Waals surface area contributed by atoms with Gasteiger partial charge in [-0.15, -0.1) is 0 Å². The Morgan fingerprint density at radius 2 is 1.43 bits per heavy atom. The zero-order valence-corrected chi connectivity index (χ0v) is 14.1. The Labute approximate surface area is 138 Å². The molecule has 2 amide bonds. The summed E-state index contributed by atoms with van der Waals surface area (Å²) >= 11 is 0. The van der Waals surface area contributed by atoms with E-state index in [0.29, 0.717) is 6.42 Å². The van der Waals surface area contributed by atoms with E-state index in [9.17, 15) is 9.59 Å². The molecule has 0 spiro atoms. The van der Waals surface area contributed by atoms with E-state index in [1.54, 1.807) is 0 Å². The van der Waals surface area contributed by atoms with E-state index in [0.717, 1.165) is 49.9 Å². The van der Waals surface area contributed by atoms with E-state index in [1.807, 2.05) is 0 Å². The van der Waals surface area contributed by atoms with Crippen molar-refractivity contribution in [3.8, 4) is 0 Å². The van der Waals surface area contributed by atoms with E-state index >= 15 is 0 Å². The molecule has 0 atom stereocenters. The first kappa shape index (κ1) is 15.5. The van der Waals surface area contributed by atoms with Gasteiger partial charge in [-0.3, -0.25) is 9.59 Å². The number of carbonyl (C=O) groups is 2. The van der Waals surface area contributed by atoms with E-state index in [1.165, 1.54) is 38.5 Å². The van der Waals surface area contributed by atoms with Crippen molar-refractivity contribution in [1.29, 1.82) is 0 Å². The Morgan fingerprint density at radius 1 is 0.913 bits per heavy atom. The van der Waals surface area contributed by atoms with Gasteiger partial charge < -0.3 is 11.1 Å². The summed E-state index contributed by atoms with van der Waals surface area (Å²) in [5.74, 6) is 2.31. The highest BCUT2D eigenvalue weighted by Crippen LogP contribution is 2.61. The summed E-state index contributed by atoms with van der Waals surface area (Å²) in [4.78, 5) is 24.8. The van der Waals surface area contributed by atoms with E-state index < -0.39 is 5.54 Å². The van der Waals surface area contributed by atoms with Gasteiger partial charge in [-0.1, -0.05) is 19.3 Å². The summed E-state index contributed by atoms with van der Waals surface area (Å²) in [6, 6.07) is 0. The van der Waals surface area contributed by atoms with Gasteiger partial charge in [0.25, 0.3) is 0 Å². The Hall–Kier alpha value is -1.06. The Balaban J connectivity index is 1.44. The summed E-state index contributed by atoms with van der Waals surface area (Å²) in [5.41, 5.74) is 5.12. The molecule has 4 nitrogen and oxygen atoms in total. The SMILES string of the molecule is NC(=O)C1(NC(=O)CC23CC4CC(CC(C4)C2)C3)CCCCC1. The van der Waals surface area contributed by atoms with E-state index in [2.05, 4.69) is 5.32 Å². The van der Waals surface area contributed by atoms with Gasteiger partial charge in [-0.2, -0.15) is 0 Å². The largest absolute Gasteiger partial charge is 0.368 e. The number of hydrogen-bond donors (Lipinski definition) is 2. The van der Waals surface area contributed by atoms with Crippen LogP contribution in [-0.4, -0.2) is 17.4 Å². The van der Waals surface area contributed by atoms with Crippen molar-refractivity contribution in [1.82, 2.24) is 5.32 Å². The lowest BCUT2D eigenvalue weighted by Crippen LogP contribution is -2.59. The molecule has 4 heteroatoms. The number of nitrogens with two attached hydrogens (primary N) is 1. The van der Waals surface area contributed by atoms with Gasteiger partial charge in [0.15, 0.2) is 0 Å². The molecule has 5 fully saturated rings. The zero-order chi connectivity index (χ0) is 16.1. The van der Waals surface area contributed by atoms with Crippen LogP contribution in [0.3, 0.4) is 0 Å². The molecular formula is C19H30N2O2. The van der Waals surface area contributed by atoms with Crippen LogP contribution in [0.4, 0.5) is 0 Å². The van der Waals surface area contributed by atoms with Crippen molar-refractivity contribution in [2.45, 2.75) is 82.6 Å². The minimum absolute atomic E-state index is 0.0765. The standard InChI is InChI=1S/C19H30N2O2/c20-17(23)19(4-2-1-3-5-19)21-16(22)12-18-9-13-6-14(10-18)8-15(7-13)11-18/h13-15H,1-12H2,(H2,20,23)(H,21,22). The number of nitrogens with one attached hydrogen (secondary N) is 1. The van der Waals surface area contributed by atoms with Crippen molar-refractivity contribution >= 4 is 11.8 Å². The van der Waals surface area contributed by atoms with Crippen molar-refractivity contribution in [2.75, 3.05) is 0 Å². The van der Waals surface area contributed by atoms with Crippen molar-refractivity contribution in [3.63, 3.8) is 0 Å². The van der Waals surface area contributed by atoms with Crippen LogP contribution >= 0.6 is 0 Å². The monoisotopic (exact) mass is 318 g/mol. The quantitative estimate of drug-likeness (QED) is 0.836. The van der Waals surface area contributed by atoms with Crippen LogP contribution in [0.2, 0.25) is 0 Å². The Morgan fingerprint density at radius 3 is 1.91 bits per heavy atom. The topological polar surface area (TPSA) is 72.2 Å². The van der Waals surface area contributed by atoms with E-state index in [4.69, 9.17) is 5.73 Å². The van der Waals surface area contributed by atoms with Gasteiger partial charge in [-0.05, 0) is 74.5 Å². The number of amides is 2. The van der Waals surface area contributed by atoms with Crippen molar-refractivity contribution in [3.05, 3.63) is 0 Å². The lowest BCUT2D eigenvalue weighted by Gasteiger charge is -2.56. The summed E-state index contributed by atoms with van der Waals surface area (Å²) in [7, 11) is 0. The first-order chi connectivity index (χ1) is 11.0. The highest BCUT2D eigenvalue weighted by atomic mass is 16.2. The third-order valence-electron chi connectivity index (χ3n) is 7.26. The Kier molecular flexibility index (Phi) is 3.69. The first-order valence-electron chi connectivity index (χ1n) is 9.60. The lowest BCUT2D eigenvalue weighted by atomic mass is 9.49. The first-order valence-corrected chi connectivity index (χ1v) is 9.60. The number of carbonyl (C=O) groups excluding carboxylic acids is 2. The molecule has 128 valence electrons. The highest BCUT2D eigenvalue weighted by molar-refractivity contribution is 5.90. The van der Waals surface area contributed by atoms with Crippen LogP contribution < -0.4 is 11.1 Å². The average Bonchev–Trinajstić information content (AvgIpc) is 2.45. The molecule has 0 unspecified atom stereocenters. The molecule has 0 aliphatic heterocycles. The zero-order valence-electron chi connectivity index (χ0n) is 14.1. The second-order valence-electron chi connectivity index (χ2n) is 9.15. The minimum Gasteiger partial charge on any atom is -0.368 e. The van der Waals surface area contributed by atoms with Crippen LogP contribution in [0, 0.1) is 23.2 Å². The maximum Gasteiger partial charge on any atom is 0.243 e. The molecule has 5 aliphatic rings. The fourth-order valence-corrected chi connectivity index (χ4v) is 6.75. The van der Waals surface area contributed by atoms with Crippen LogP contribution in [0.15, 0.2) is 0 Å². The molecule has 5 aliphatic carbocycles. The fourth-order valence-electron chi connectivity index (χ4n) is 6.75. The molecule has 0 aromatic heterocycles. The normalized spacial score (nSPS) is 40.8. The predicted octanol–water partition coefficient (Wildman–Crippen LogP) is 2.90. The maximum atomic E-state index is 12.8. The predicted molar refractivity (Wildman–Crippen MR) is 88.4 cm³/mol. The summed E-state index contributed by atoms with van der Waals surface area (Å²) in [6.07, 6.45) is 13.0. The third-order valence-corrected chi connectivity index (χ3v) is 7.26. The molecule has 0 aromatic rings. The van der Waals surface area contributed by atoms with Crippen molar-refractivity contribution in [2.24, 2.45) is 28.9 Å². The summed E-state index contributed by atoms with van der Waals surface area (Å²) in [6.45, 7) is 0. The Bertz CT molecular complexity index is 472. The molecule has 5 saturated carbocycles. The number of hydrogen-bond acceptors (Lipinski definition) is 2. The van der Waals surface area contributed by atoms with Crippen LogP contribution in [0.5, 0.6) is 0 Å². The van der Waals surface area contributed by atoms with Gasteiger partial charge in [0.05, 0.1) is 0 Å². The molecule has 23 heavy (non-hydrogen) atoms. The minimum atomic E-state index is -0.766. The maximum absolute atomic E-state index is 12.8. The van der Waals surface area contributed by atoms with Gasteiger partial charge >= 0.3 is 0 Å². The van der Waals surface area contributed by atoms with Gasteiger partial charge in [0, 0.05) is 6.42 Å². The average molecular weight is 318 g/mol. The molecule has 0 saturated heterocycles. The molecule has 3 N–H and O–H groups in total. The van der Waals surface area contributed by atoms with Crippen molar-refractivity contribution < 1.29 is 9.59 Å². The fraction of sp³-hybridized carbons (Fsp3) is 0.895. The molecule has 0 radical (unpaired) electrons. The lowest BCUT2D eigenvalue weighted by molar-refractivity contribution is -0.137. The third kappa shape index (κ3) is 2.78. The van der Waals surface area contributed by atoms with Crippen LogP contribution in [0.25, 0.3) is 0 Å². The molecular weight excluding hydrogens is 288 g/mol. The molecule has 4 bridgehead atoms. The van der Waals surface area contributed by atoms with Crippen LogP contribution in [-0.2, 0) is 9.59 Å². The van der Waals surface area contributed by atoms with Gasteiger partial charge in [-0.25, -0.2) is 0 Å².